The molecule has 0 atom stereocenters. The van der Waals surface area contributed by atoms with Crippen LogP contribution in [0.3, 0.4) is 0 Å². The maximum atomic E-state index is 6.68. The van der Waals surface area contributed by atoms with Crippen molar-refractivity contribution in [3.63, 3.8) is 0 Å². The fourth-order valence-corrected chi connectivity index (χ4v) is 0.622. The summed E-state index contributed by atoms with van der Waals surface area (Å²) in [6, 6.07) is 0. The molecule has 3 N–H and O–H groups in total. The van der Waals surface area contributed by atoms with Gasteiger partial charge < -0.3 is 15.5 Å². The van der Waals surface area contributed by atoms with Crippen molar-refractivity contribution < 1.29 is 4.84 Å². The van der Waals surface area contributed by atoms with Crippen LogP contribution >= 0.6 is 0 Å². The topological polar surface area (TPSA) is 69.5 Å². The van der Waals surface area contributed by atoms with Crippen molar-refractivity contribution in [3.8, 4) is 0 Å². The Kier molecular flexibility index (Phi) is 7.16. The van der Waals surface area contributed by atoms with Crippen molar-refractivity contribution >= 4 is 18.8 Å². The highest BCUT2D eigenvalue weighted by molar-refractivity contribution is 7.47. The average molecular weight is 188 g/mol. The third-order valence-corrected chi connectivity index (χ3v) is 1.14. The summed E-state index contributed by atoms with van der Waals surface area (Å²) >= 11 is 4.21. The summed E-state index contributed by atoms with van der Waals surface area (Å²) in [5.41, 5.74) is 0.798. The lowest BCUT2D eigenvalue weighted by Gasteiger charge is -2.07. The van der Waals surface area contributed by atoms with E-state index in [1.54, 1.807) is 0 Å². The SMILES string of the molecule is C=C(CNC=N)NCCON=S. The fraction of sp³-hybridized carbons (Fsp3) is 0.500. The van der Waals surface area contributed by atoms with E-state index >= 15 is 0 Å². The zero-order chi connectivity index (χ0) is 9.23. The van der Waals surface area contributed by atoms with E-state index in [9.17, 15) is 0 Å². The van der Waals surface area contributed by atoms with Gasteiger partial charge in [-0.05, 0) is 4.53 Å². The Morgan fingerprint density at radius 3 is 3.08 bits per heavy atom. The summed E-state index contributed by atoms with van der Waals surface area (Å²) in [6.07, 6.45) is 1.11. The minimum atomic E-state index is 0.424. The molecule has 0 heterocycles. The Morgan fingerprint density at radius 2 is 2.50 bits per heavy atom. The molecule has 68 valence electrons. The highest BCUT2D eigenvalue weighted by Crippen LogP contribution is 1.79. The third kappa shape index (κ3) is 6.94. The maximum Gasteiger partial charge on any atom is 0.135 e. The molecule has 0 spiro atoms. The van der Waals surface area contributed by atoms with Crippen molar-refractivity contribution in [1.29, 1.82) is 5.41 Å². The molecule has 5 nitrogen and oxygen atoms in total. The van der Waals surface area contributed by atoms with Crippen molar-refractivity contribution in [2.45, 2.75) is 0 Å². The van der Waals surface area contributed by atoms with Gasteiger partial charge in [0, 0.05) is 5.70 Å². The standard InChI is InChI=1S/C6H12N4OS/c1-6(4-8-5-7)9-2-3-11-10-12/h5,9H,1-4H2,(H2,7,8). The monoisotopic (exact) mass is 188 g/mol. The Morgan fingerprint density at radius 1 is 1.75 bits per heavy atom. The molecule has 0 aliphatic heterocycles. The van der Waals surface area contributed by atoms with Gasteiger partial charge in [0.2, 0.25) is 0 Å². The third-order valence-electron chi connectivity index (χ3n) is 1.04. The summed E-state index contributed by atoms with van der Waals surface area (Å²) in [4.78, 5) is 4.56. The molecule has 0 amide bonds. The largest absolute Gasteiger partial charge is 0.384 e. The predicted molar refractivity (Wildman–Crippen MR) is 49.7 cm³/mol. The molecule has 0 unspecified atom stereocenters. The maximum absolute atomic E-state index is 6.68. The molecule has 0 aromatic carbocycles. The van der Waals surface area contributed by atoms with E-state index in [4.69, 9.17) is 5.41 Å². The molecular weight excluding hydrogens is 176 g/mol. The van der Waals surface area contributed by atoms with Gasteiger partial charge in [0.25, 0.3) is 0 Å². The zero-order valence-corrected chi connectivity index (χ0v) is 7.49. The summed E-state index contributed by atoms with van der Waals surface area (Å²) in [5.74, 6) is 0. The number of nitrogens with zero attached hydrogens (tertiary/aromatic N) is 1. The van der Waals surface area contributed by atoms with Crippen molar-refractivity contribution in [2.75, 3.05) is 19.7 Å². The van der Waals surface area contributed by atoms with E-state index in [-0.39, 0.29) is 0 Å². The molecule has 0 bridgehead atoms. The summed E-state index contributed by atoms with van der Waals surface area (Å²) in [7, 11) is 0. The molecule has 0 aromatic heterocycles. The van der Waals surface area contributed by atoms with E-state index in [0.717, 1.165) is 12.0 Å². The number of nitrogens with one attached hydrogen (secondary N) is 3. The van der Waals surface area contributed by atoms with Gasteiger partial charge in [0.1, 0.15) is 6.61 Å². The first kappa shape index (κ1) is 10.8. The Labute approximate surface area is 76.8 Å². The van der Waals surface area contributed by atoms with Gasteiger partial charge in [-0.15, -0.1) is 0 Å². The first-order valence-corrected chi connectivity index (χ1v) is 3.76. The highest BCUT2D eigenvalue weighted by Gasteiger charge is 1.90. The lowest BCUT2D eigenvalue weighted by Crippen LogP contribution is -2.25. The Balaban J connectivity index is 3.19. The molecule has 0 rings (SSSR count). The second kappa shape index (κ2) is 7.93. The molecule has 0 radical (unpaired) electrons. The Bertz CT molecular complexity index is 162. The number of hydrogen-bond acceptors (Lipinski definition) is 5. The van der Waals surface area contributed by atoms with Crippen LogP contribution in [0, 0.1) is 5.41 Å². The van der Waals surface area contributed by atoms with Crippen LogP contribution < -0.4 is 10.6 Å². The van der Waals surface area contributed by atoms with Gasteiger partial charge >= 0.3 is 0 Å². The molecule has 0 fully saturated rings. The molecule has 0 saturated heterocycles. The summed E-state index contributed by atoms with van der Waals surface area (Å²) < 4.78 is 3.06. The van der Waals surface area contributed by atoms with Crippen molar-refractivity contribution in [1.82, 2.24) is 10.6 Å². The first-order chi connectivity index (χ1) is 5.81. The quantitative estimate of drug-likeness (QED) is 0.216. The number of rotatable bonds is 8. The van der Waals surface area contributed by atoms with Gasteiger partial charge in [0.15, 0.2) is 0 Å². The summed E-state index contributed by atoms with van der Waals surface area (Å²) in [5, 5.41) is 12.3. The van der Waals surface area contributed by atoms with Crippen LogP contribution in [0.15, 0.2) is 16.8 Å². The summed E-state index contributed by atoms with van der Waals surface area (Å²) in [6.45, 7) is 5.27. The molecule has 12 heavy (non-hydrogen) atoms. The second-order valence-electron chi connectivity index (χ2n) is 1.96. The second-order valence-corrected chi connectivity index (χ2v) is 2.11. The van der Waals surface area contributed by atoms with Gasteiger partial charge in [-0.2, -0.15) is 0 Å². The van der Waals surface area contributed by atoms with Crippen LogP contribution in [0.2, 0.25) is 0 Å². The van der Waals surface area contributed by atoms with Gasteiger partial charge in [-0.1, -0.05) is 6.58 Å². The van der Waals surface area contributed by atoms with Crippen LogP contribution in [0.5, 0.6) is 0 Å². The van der Waals surface area contributed by atoms with Gasteiger partial charge in [0.05, 0.1) is 31.9 Å². The lowest BCUT2D eigenvalue weighted by atomic mass is 10.4. The average Bonchev–Trinajstić information content (AvgIpc) is 2.09. The van der Waals surface area contributed by atoms with Crippen LogP contribution in [0.1, 0.15) is 0 Å². The lowest BCUT2D eigenvalue weighted by molar-refractivity contribution is 0.155. The molecule has 0 aromatic rings. The van der Waals surface area contributed by atoms with E-state index in [1.807, 2.05) is 0 Å². The van der Waals surface area contributed by atoms with E-state index < -0.39 is 0 Å². The van der Waals surface area contributed by atoms with Crippen LogP contribution in [-0.2, 0) is 17.3 Å². The van der Waals surface area contributed by atoms with Crippen LogP contribution in [-0.4, -0.2) is 26.0 Å². The van der Waals surface area contributed by atoms with Gasteiger partial charge in [-0.25, -0.2) is 0 Å². The number of hydrogen-bond donors (Lipinski definition) is 3. The van der Waals surface area contributed by atoms with E-state index in [0.29, 0.717) is 19.7 Å². The van der Waals surface area contributed by atoms with Crippen LogP contribution in [0.4, 0.5) is 0 Å². The normalized spacial score (nSPS) is 8.33. The first-order valence-electron chi connectivity index (χ1n) is 3.40. The van der Waals surface area contributed by atoms with Crippen molar-refractivity contribution in [3.05, 3.63) is 12.3 Å². The zero-order valence-electron chi connectivity index (χ0n) is 6.67. The predicted octanol–water partition coefficient (Wildman–Crippen LogP) is -0.0515. The molecule has 0 aliphatic carbocycles. The molecule has 6 heteroatoms. The van der Waals surface area contributed by atoms with Crippen LogP contribution in [0.25, 0.3) is 0 Å². The molecule has 0 aliphatic rings. The highest BCUT2D eigenvalue weighted by atomic mass is 32.1. The minimum absolute atomic E-state index is 0.424. The fourth-order valence-electron chi connectivity index (χ4n) is 0.547. The van der Waals surface area contributed by atoms with Gasteiger partial charge in [-0.3, -0.25) is 5.41 Å². The molecule has 0 saturated carbocycles. The van der Waals surface area contributed by atoms with E-state index in [2.05, 4.69) is 39.0 Å². The minimum Gasteiger partial charge on any atom is -0.384 e. The molecular formula is C6H12N4OS. The Hall–Kier alpha value is -1.17. The van der Waals surface area contributed by atoms with E-state index in [1.165, 1.54) is 0 Å². The smallest absolute Gasteiger partial charge is 0.135 e. The van der Waals surface area contributed by atoms with Crippen molar-refractivity contribution in [2.24, 2.45) is 4.53 Å².